The molecule has 2 amide bonds. The first kappa shape index (κ1) is 21.4. The minimum atomic E-state index is -0.442. The molecule has 0 aliphatic heterocycles. The molecule has 2 aromatic carbocycles. The van der Waals surface area contributed by atoms with E-state index in [2.05, 4.69) is 21.2 Å². The zero-order valence-corrected chi connectivity index (χ0v) is 18.1. The second-order valence-corrected chi connectivity index (χ2v) is 7.18. The number of benzene rings is 2. The highest BCUT2D eigenvalue weighted by atomic mass is 79.9. The summed E-state index contributed by atoms with van der Waals surface area (Å²) in [7, 11) is 1.62. The maximum absolute atomic E-state index is 12.4. The fourth-order valence-electron chi connectivity index (χ4n) is 2.55. The quantitative estimate of drug-likeness (QED) is 0.493. The van der Waals surface area contributed by atoms with Crippen molar-refractivity contribution in [2.75, 3.05) is 23.9 Å². The Balaban J connectivity index is 1.56. The number of hydrogen-bond acceptors (Lipinski definition) is 5. The molecule has 3 aromatic rings. The average Bonchev–Trinajstić information content (AvgIpc) is 3.23. The topological polar surface area (TPSA) is 81.0 Å². The number of nitrogens with one attached hydrogen (secondary N) is 1. The summed E-state index contributed by atoms with van der Waals surface area (Å²) in [6, 6.07) is 17.6. The van der Waals surface area contributed by atoms with Crippen LogP contribution >= 0.6 is 15.9 Å². The fraction of sp³-hybridized carbons (Fsp3) is 0.182. The van der Waals surface area contributed by atoms with Gasteiger partial charge in [0.2, 0.25) is 0 Å². The van der Waals surface area contributed by atoms with Crippen molar-refractivity contribution in [3.8, 4) is 5.75 Å². The molecule has 0 saturated carbocycles. The van der Waals surface area contributed by atoms with E-state index in [4.69, 9.17) is 13.9 Å². The van der Waals surface area contributed by atoms with Crippen molar-refractivity contribution in [1.29, 1.82) is 0 Å². The van der Waals surface area contributed by atoms with Crippen molar-refractivity contribution >= 4 is 39.3 Å². The van der Waals surface area contributed by atoms with E-state index < -0.39 is 6.09 Å². The Morgan fingerprint density at radius 2 is 1.73 bits per heavy atom. The van der Waals surface area contributed by atoms with Gasteiger partial charge in [-0.2, -0.15) is 0 Å². The van der Waals surface area contributed by atoms with Crippen molar-refractivity contribution in [2.24, 2.45) is 0 Å². The van der Waals surface area contributed by atoms with Crippen LogP contribution in [0.5, 0.6) is 5.75 Å². The van der Waals surface area contributed by atoms with Crippen molar-refractivity contribution in [1.82, 2.24) is 0 Å². The van der Waals surface area contributed by atoms with Gasteiger partial charge in [0, 0.05) is 22.9 Å². The van der Waals surface area contributed by atoms with Crippen LogP contribution in [-0.2, 0) is 11.3 Å². The number of hydrogen-bond donors (Lipinski definition) is 1. The molecule has 0 saturated heterocycles. The van der Waals surface area contributed by atoms with Gasteiger partial charge in [0.1, 0.15) is 18.1 Å². The smallest absolute Gasteiger partial charge is 0.413 e. The Hall–Kier alpha value is -3.26. The Kier molecular flexibility index (Phi) is 7.13. The number of carbonyl (C=O) groups is 2. The first-order valence-electron chi connectivity index (χ1n) is 9.25. The van der Waals surface area contributed by atoms with E-state index in [0.29, 0.717) is 29.5 Å². The number of ether oxygens (including phenoxy) is 2. The number of halogens is 1. The third kappa shape index (κ3) is 5.64. The Morgan fingerprint density at radius 3 is 2.40 bits per heavy atom. The van der Waals surface area contributed by atoms with E-state index in [9.17, 15) is 9.59 Å². The van der Waals surface area contributed by atoms with Crippen LogP contribution in [0.25, 0.3) is 0 Å². The highest BCUT2D eigenvalue weighted by molar-refractivity contribution is 9.10. The predicted octanol–water partition coefficient (Wildman–Crippen LogP) is 5.47. The lowest BCUT2D eigenvalue weighted by Gasteiger charge is -2.16. The zero-order valence-electron chi connectivity index (χ0n) is 16.6. The lowest BCUT2D eigenvalue weighted by atomic mass is 10.2. The fourth-order valence-corrected chi connectivity index (χ4v) is 2.81. The molecule has 3 rings (SSSR count). The maximum atomic E-state index is 12.4. The van der Waals surface area contributed by atoms with Crippen LogP contribution < -0.4 is 15.0 Å². The SMILES string of the molecule is CCOC(=O)N(C)c1ccc(NC(=O)c2ccc(COc3ccc(Br)cc3)o2)cc1. The molecule has 0 radical (unpaired) electrons. The van der Waals surface area contributed by atoms with Crippen LogP contribution in [0.2, 0.25) is 0 Å². The number of amides is 2. The zero-order chi connectivity index (χ0) is 21.5. The lowest BCUT2D eigenvalue weighted by Crippen LogP contribution is -2.26. The van der Waals surface area contributed by atoms with Gasteiger partial charge in [-0.05, 0) is 67.6 Å². The summed E-state index contributed by atoms with van der Waals surface area (Å²) in [4.78, 5) is 25.6. The molecule has 0 atom stereocenters. The van der Waals surface area contributed by atoms with Gasteiger partial charge >= 0.3 is 6.09 Å². The molecular weight excluding hydrogens is 452 g/mol. The van der Waals surface area contributed by atoms with Crippen LogP contribution in [0.1, 0.15) is 23.2 Å². The van der Waals surface area contributed by atoms with E-state index in [0.717, 1.165) is 4.47 Å². The molecular formula is C22H21BrN2O5. The summed E-state index contributed by atoms with van der Waals surface area (Å²) in [6.07, 6.45) is -0.442. The van der Waals surface area contributed by atoms with E-state index in [-0.39, 0.29) is 18.3 Å². The van der Waals surface area contributed by atoms with Gasteiger partial charge in [-0.15, -0.1) is 0 Å². The molecule has 0 spiro atoms. The van der Waals surface area contributed by atoms with Crippen molar-refractivity contribution < 1.29 is 23.5 Å². The molecule has 156 valence electrons. The summed E-state index contributed by atoms with van der Waals surface area (Å²) in [5.41, 5.74) is 1.22. The first-order chi connectivity index (χ1) is 14.5. The van der Waals surface area contributed by atoms with Gasteiger partial charge in [0.05, 0.1) is 6.61 Å². The van der Waals surface area contributed by atoms with Crippen LogP contribution in [0.4, 0.5) is 16.2 Å². The Labute approximate surface area is 182 Å². The van der Waals surface area contributed by atoms with Crippen molar-refractivity contribution in [2.45, 2.75) is 13.5 Å². The maximum Gasteiger partial charge on any atom is 0.413 e. The third-order valence-corrected chi connectivity index (χ3v) is 4.66. The largest absolute Gasteiger partial charge is 0.486 e. The Morgan fingerprint density at radius 1 is 1.03 bits per heavy atom. The second kappa shape index (κ2) is 9.98. The minimum absolute atomic E-state index is 0.178. The molecule has 0 unspecified atom stereocenters. The van der Waals surface area contributed by atoms with E-state index >= 15 is 0 Å². The number of anilines is 2. The van der Waals surface area contributed by atoms with Gasteiger partial charge in [0.25, 0.3) is 5.91 Å². The summed E-state index contributed by atoms with van der Waals surface area (Å²) in [6.45, 7) is 2.26. The normalized spacial score (nSPS) is 10.4. The van der Waals surface area contributed by atoms with Gasteiger partial charge < -0.3 is 19.2 Å². The molecule has 0 aliphatic carbocycles. The molecule has 0 aliphatic rings. The number of nitrogens with zero attached hydrogens (tertiary/aromatic N) is 1. The average molecular weight is 473 g/mol. The summed E-state index contributed by atoms with van der Waals surface area (Å²) >= 11 is 3.37. The van der Waals surface area contributed by atoms with Gasteiger partial charge in [0.15, 0.2) is 5.76 Å². The lowest BCUT2D eigenvalue weighted by molar-refractivity contribution is 0.0992. The minimum Gasteiger partial charge on any atom is -0.486 e. The van der Waals surface area contributed by atoms with E-state index in [1.807, 2.05) is 24.3 Å². The number of carbonyl (C=O) groups excluding carboxylic acids is 2. The summed E-state index contributed by atoms with van der Waals surface area (Å²) < 4.78 is 17.1. The van der Waals surface area contributed by atoms with Crippen LogP contribution in [0, 0.1) is 0 Å². The second-order valence-electron chi connectivity index (χ2n) is 6.27. The van der Waals surface area contributed by atoms with Gasteiger partial charge in [-0.3, -0.25) is 9.69 Å². The van der Waals surface area contributed by atoms with E-state index in [1.165, 1.54) is 4.90 Å². The standard InChI is InChI=1S/C22H21BrN2O5/c1-3-28-22(27)25(2)17-8-6-16(7-9-17)24-21(26)20-13-12-19(30-20)14-29-18-10-4-15(23)5-11-18/h4-13H,3,14H2,1-2H3,(H,24,26). The van der Waals surface area contributed by atoms with Gasteiger partial charge in [-0.1, -0.05) is 15.9 Å². The predicted molar refractivity (Wildman–Crippen MR) is 117 cm³/mol. The molecule has 8 heteroatoms. The molecule has 0 bridgehead atoms. The van der Waals surface area contributed by atoms with Crippen LogP contribution in [0.15, 0.2) is 69.6 Å². The molecule has 0 fully saturated rings. The van der Waals surface area contributed by atoms with Crippen LogP contribution in [0.3, 0.4) is 0 Å². The Bertz CT molecular complexity index is 999. The highest BCUT2D eigenvalue weighted by Crippen LogP contribution is 2.20. The molecule has 1 aromatic heterocycles. The number of furan rings is 1. The van der Waals surface area contributed by atoms with Gasteiger partial charge in [-0.25, -0.2) is 4.79 Å². The third-order valence-electron chi connectivity index (χ3n) is 4.13. The summed E-state index contributed by atoms with van der Waals surface area (Å²) in [5.74, 6) is 1.04. The molecule has 30 heavy (non-hydrogen) atoms. The first-order valence-corrected chi connectivity index (χ1v) is 10.0. The highest BCUT2D eigenvalue weighted by Gasteiger charge is 2.14. The van der Waals surface area contributed by atoms with E-state index in [1.54, 1.807) is 50.4 Å². The number of rotatable bonds is 7. The molecule has 7 nitrogen and oxygen atoms in total. The molecule has 1 N–H and O–H groups in total. The van der Waals surface area contributed by atoms with Crippen molar-refractivity contribution in [3.05, 3.63) is 76.7 Å². The molecule has 1 heterocycles. The van der Waals surface area contributed by atoms with Crippen molar-refractivity contribution in [3.63, 3.8) is 0 Å². The monoisotopic (exact) mass is 472 g/mol. The summed E-state index contributed by atoms with van der Waals surface area (Å²) in [5, 5.41) is 2.76. The van der Waals surface area contributed by atoms with Crippen LogP contribution in [-0.4, -0.2) is 25.7 Å².